The quantitative estimate of drug-likeness (QED) is 0.326. The van der Waals surface area contributed by atoms with Crippen LogP contribution in [0.25, 0.3) is 0 Å². The highest BCUT2D eigenvalue weighted by Crippen LogP contribution is 2.28. The minimum atomic E-state index is 0. The summed E-state index contributed by atoms with van der Waals surface area (Å²) in [6.07, 6.45) is 8.41. The second-order valence-corrected chi connectivity index (χ2v) is 5.35. The molecule has 0 atom stereocenters. The molecule has 0 unspecified atom stereocenters. The molecule has 0 amide bonds. The lowest BCUT2D eigenvalue weighted by molar-refractivity contribution is 0.487. The molecule has 18 heavy (non-hydrogen) atoms. The van der Waals surface area contributed by atoms with Crippen LogP contribution in [-0.2, 0) is 0 Å². The first-order chi connectivity index (χ1) is 8.22. The average Bonchev–Trinajstić information content (AvgIpc) is 2.76. The van der Waals surface area contributed by atoms with Gasteiger partial charge in [-0.2, -0.15) is 0 Å². The molecule has 0 aromatic heterocycles. The van der Waals surface area contributed by atoms with Crippen LogP contribution in [0.2, 0.25) is 0 Å². The molecule has 3 nitrogen and oxygen atoms in total. The normalized spacial score (nSPS) is 16.8. The molecule has 0 bridgehead atoms. The predicted octanol–water partition coefficient (Wildman–Crippen LogP) is 3.54. The summed E-state index contributed by atoms with van der Waals surface area (Å²) in [4.78, 5) is 4.61. The van der Waals surface area contributed by atoms with Crippen molar-refractivity contribution < 1.29 is 0 Å². The van der Waals surface area contributed by atoms with Gasteiger partial charge in [-0.1, -0.05) is 25.7 Å². The van der Waals surface area contributed by atoms with E-state index in [1.54, 1.807) is 0 Å². The van der Waals surface area contributed by atoms with E-state index in [0.29, 0.717) is 6.04 Å². The maximum atomic E-state index is 4.61. The smallest absolute Gasteiger partial charge is 0.191 e. The predicted molar refractivity (Wildman–Crippen MR) is 90.9 cm³/mol. The summed E-state index contributed by atoms with van der Waals surface area (Å²) >= 11 is 0. The number of halogens is 1. The molecule has 1 aliphatic carbocycles. The van der Waals surface area contributed by atoms with Gasteiger partial charge in [-0.3, -0.25) is 4.99 Å². The zero-order valence-electron chi connectivity index (χ0n) is 12.2. The first-order valence-electron chi connectivity index (χ1n) is 7.27. The van der Waals surface area contributed by atoms with Crippen LogP contribution in [0.15, 0.2) is 4.99 Å². The maximum Gasteiger partial charge on any atom is 0.191 e. The van der Waals surface area contributed by atoms with Crippen LogP contribution in [0.4, 0.5) is 0 Å². The van der Waals surface area contributed by atoms with Crippen molar-refractivity contribution in [1.82, 2.24) is 10.6 Å². The molecule has 108 valence electrons. The Hall–Kier alpha value is 0. The molecule has 4 heteroatoms. The van der Waals surface area contributed by atoms with Crippen LogP contribution in [0.1, 0.15) is 59.3 Å². The molecule has 0 aliphatic heterocycles. The Morgan fingerprint density at radius 2 is 1.94 bits per heavy atom. The molecular formula is C14H30IN3. The Kier molecular flexibility index (Phi) is 10.9. The van der Waals surface area contributed by atoms with Crippen LogP contribution >= 0.6 is 24.0 Å². The molecule has 1 fully saturated rings. The fraction of sp³-hybridized carbons (Fsp3) is 0.929. The van der Waals surface area contributed by atoms with Gasteiger partial charge in [0.05, 0.1) is 0 Å². The van der Waals surface area contributed by atoms with Crippen molar-refractivity contribution in [3.05, 3.63) is 0 Å². The number of rotatable bonds is 6. The number of nitrogens with zero attached hydrogens (tertiary/aromatic N) is 1. The van der Waals surface area contributed by atoms with E-state index in [9.17, 15) is 0 Å². The summed E-state index contributed by atoms with van der Waals surface area (Å²) in [7, 11) is 0. The highest BCUT2D eigenvalue weighted by Gasteiger charge is 2.13. The second kappa shape index (κ2) is 10.9. The summed E-state index contributed by atoms with van der Waals surface area (Å²) in [5, 5.41) is 6.63. The minimum Gasteiger partial charge on any atom is -0.357 e. The van der Waals surface area contributed by atoms with Crippen LogP contribution in [0.5, 0.6) is 0 Å². The van der Waals surface area contributed by atoms with Crippen molar-refractivity contribution in [3.63, 3.8) is 0 Å². The Bertz CT molecular complexity index is 223. The zero-order chi connectivity index (χ0) is 12.5. The Balaban J connectivity index is 0.00000289. The highest BCUT2D eigenvalue weighted by molar-refractivity contribution is 14.0. The van der Waals surface area contributed by atoms with Crippen molar-refractivity contribution in [2.45, 2.75) is 65.3 Å². The van der Waals surface area contributed by atoms with Crippen molar-refractivity contribution in [2.24, 2.45) is 10.9 Å². The second-order valence-electron chi connectivity index (χ2n) is 5.35. The molecule has 0 radical (unpaired) electrons. The topological polar surface area (TPSA) is 36.4 Å². The fourth-order valence-corrected chi connectivity index (χ4v) is 2.46. The molecule has 0 aromatic rings. The molecule has 1 saturated carbocycles. The Morgan fingerprint density at radius 3 is 2.50 bits per heavy atom. The average molecular weight is 367 g/mol. The molecule has 0 heterocycles. The van der Waals surface area contributed by atoms with Gasteiger partial charge in [0.2, 0.25) is 0 Å². The van der Waals surface area contributed by atoms with Gasteiger partial charge in [0, 0.05) is 19.1 Å². The number of hydrogen-bond acceptors (Lipinski definition) is 1. The molecule has 0 spiro atoms. The largest absolute Gasteiger partial charge is 0.357 e. The van der Waals surface area contributed by atoms with Gasteiger partial charge in [0.15, 0.2) is 5.96 Å². The fourth-order valence-electron chi connectivity index (χ4n) is 2.46. The molecule has 1 aliphatic rings. The van der Waals surface area contributed by atoms with E-state index >= 15 is 0 Å². The summed E-state index contributed by atoms with van der Waals surface area (Å²) in [6.45, 7) is 8.28. The van der Waals surface area contributed by atoms with Crippen molar-refractivity contribution >= 4 is 29.9 Å². The number of hydrogen-bond donors (Lipinski definition) is 2. The lowest BCUT2D eigenvalue weighted by atomic mass is 10.0. The van der Waals surface area contributed by atoms with E-state index in [1.807, 2.05) is 0 Å². The van der Waals surface area contributed by atoms with Gasteiger partial charge in [-0.25, -0.2) is 0 Å². The molecule has 0 saturated heterocycles. The van der Waals surface area contributed by atoms with Gasteiger partial charge in [-0.15, -0.1) is 24.0 Å². The van der Waals surface area contributed by atoms with Gasteiger partial charge >= 0.3 is 0 Å². The van der Waals surface area contributed by atoms with Crippen molar-refractivity contribution in [2.75, 3.05) is 13.1 Å². The third-order valence-electron chi connectivity index (χ3n) is 3.28. The van der Waals surface area contributed by atoms with Crippen LogP contribution in [-0.4, -0.2) is 25.1 Å². The number of aliphatic imine (C=N–C) groups is 1. The monoisotopic (exact) mass is 367 g/mol. The maximum absolute atomic E-state index is 4.61. The van der Waals surface area contributed by atoms with Gasteiger partial charge in [0.25, 0.3) is 0 Å². The minimum absolute atomic E-state index is 0. The van der Waals surface area contributed by atoms with E-state index in [-0.39, 0.29) is 24.0 Å². The van der Waals surface area contributed by atoms with Gasteiger partial charge < -0.3 is 10.6 Å². The van der Waals surface area contributed by atoms with E-state index in [1.165, 1.54) is 38.5 Å². The zero-order valence-corrected chi connectivity index (χ0v) is 14.5. The van der Waals surface area contributed by atoms with Crippen molar-refractivity contribution in [1.29, 1.82) is 0 Å². The lowest BCUT2D eigenvalue weighted by Gasteiger charge is -2.14. The standard InChI is InChI=1S/C14H29N3.HI/c1-4-15-14(17-12(2)3)16-11-7-10-13-8-5-6-9-13;/h12-13H,4-11H2,1-3H3,(H2,15,16,17);1H. The van der Waals surface area contributed by atoms with E-state index in [0.717, 1.165) is 25.0 Å². The first kappa shape index (κ1) is 18.0. The van der Waals surface area contributed by atoms with E-state index < -0.39 is 0 Å². The van der Waals surface area contributed by atoms with Crippen molar-refractivity contribution in [3.8, 4) is 0 Å². The number of guanidine groups is 1. The molecule has 2 N–H and O–H groups in total. The summed E-state index contributed by atoms with van der Waals surface area (Å²) in [6, 6.07) is 0.447. The van der Waals surface area contributed by atoms with Gasteiger partial charge in [-0.05, 0) is 39.5 Å². The summed E-state index contributed by atoms with van der Waals surface area (Å²) < 4.78 is 0. The summed E-state index contributed by atoms with van der Waals surface area (Å²) in [5.74, 6) is 1.96. The molecule has 0 aromatic carbocycles. The third kappa shape index (κ3) is 8.16. The Morgan fingerprint density at radius 1 is 1.28 bits per heavy atom. The number of nitrogens with one attached hydrogen (secondary N) is 2. The van der Waals surface area contributed by atoms with Crippen LogP contribution in [0, 0.1) is 5.92 Å². The molecule has 1 rings (SSSR count). The van der Waals surface area contributed by atoms with Crippen LogP contribution in [0.3, 0.4) is 0 Å². The van der Waals surface area contributed by atoms with Crippen LogP contribution < -0.4 is 10.6 Å². The highest BCUT2D eigenvalue weighted by atomic mass is 127. The van der Waals surface area contributed by atoms with Gasteiger partial charge in [0.1, 0.15) is 0 Å². The summed E-state index contributed by atoms with van der Waals surface area (Å²) in [5.41, 5.74) is 0. The lowest BCUT2D eigenvalue weighted by Crippen LogP contribution is -2.41. The van der Waals surface area contributed by atoms with E-state index in [2.05, 4.69) is 36.4 Å². The SMILES string of the molecule is CCNC(=NCCCC1CCCC1)NC(C)C.I. The molecular weight excluding hydrogens is 337 g/mol. The van der Waals surface area contributed by atoms with E-state index in [4.69, 9.17) is 0 Å². The third-order valence-corrected chi connectivity index (χ3v) is 3.28. The Labute approximate surface area is 130 Å². The first-order valence-corrected chi connectivity index (χ1v) is 7.27.